The molecule has 0 aliphatic rings. The lowest BCUT2D eigenvalue weighted by molar-refractivity contribution is -0.148. The predicted octanol–water partition coefficient (Wildman–Crippen LogP) is 1.95. The van der Waals surface area contributed by atoms with Crippen molar-refractivity contribution in [2.45, 2.75) is 19.8 Å². The quantitative estimate of drug-likeness (QED) is 0.830. The van der Waals surface area contributed by atoms with E-state index in [1.807, 2.05) is 0 Å². The molecule has 0 aliphatic carbocycles. The minimum absolute atomic E-state index is 0.0438. The molecule has 1 atom stereocenters. The summed E-state index contributed by atoms with van der Waals surface area (Å²) in [7, 11) is 0. The molecular formula is C12H15F2NO2. The Labute approximate surface area is 98.2 Å². The van der Waals surface area contributed by atoms with Crippen LogP contribution in [-0.4, -0.2) is 17.6 Å². The van der Waals surface area contributed by atoms with E-state index >= 15 is 0 Å². The van der Waals surface area contributed by atoms with E-state index < -0.39 is 23.0 Å². The van der Waals surface area contributed by atoms with Crippen LogP contribution in [0.5, 0.6) is 0 Å². The fourth-order valence-electron chi connectivity index (χ4n) is 1.70. The fourth-order valence-corrected chi connectivity index (χ4v) is 1.70. The van der Waals surface area contributed by atoms with Crippen LogP contribution in [0, 0.1) is 17.0 Å². The molecule has 0 aromatic heterocycles. The van der Waals surface area contributed by atoms with Crippen LogP contribution in [-0.2, 0) is 11.2 Å². The average Bonchev–Trinajstić information content (AvgIpc) is 2.30. The van der Waals surface area contributed by atoms with Crippen LogP contribution in [0.1, 0.15) is 18.9 Å². The van der Waals surface area contributed by atoms with Crippen LogP contribution in [0.25, 0.3) is 0 Å². The minimum Gasteiger partial charge on any atom is -0.481 e. The molecule has 1 rings (SSSR count). The van der Waals surface area contributed by atoms with Crippen molar-refractivity contribution in [2.75, 3.05) is 6.54 Å². The fraction of sp³-hybridized carbons (Fsp3) is 0.417. The summed E-state index contributed by atoms with van der Waals surface area (Å²) < 4.78 is 25.7. The van der Waals surface area contributed by atoms with Gasteiger partial charge in [0.2, 0.25) is 0 Å². The maximum Gasteiger partial charge on any atom is 0.311 e. The Hall–Kier alpha value is -1.49. The number of carboxylic acids is 1. The van der Waals surface area contributed by atoms with Crippen molar-refractivity contribution in [3.63, 3.8) is 0 Å². The van der Waals surface area contributed by atoms with Gasteiger partial charge in [0.15, 0.2) is 11.6 Å². The molecule has 94 valence electrons. The molecule has 0 spiro atoms. The summed E-state index contributed by atoms with van der Waals surface area (Å²) in [6.07, 6.45) is 0.421. The molecule has 0 aliphatic heterocycles. The van der Waals surface area contributed by atoms with Crippen molar-refractivity contribution in [3.05, 3.63) is 35.4 Å². The first-order valence-electron chi connectivity index (χ1n) is 5.32. The van der Waals surface area contributed by atoms with Gasteiger partial charge in [-0.05, 0) is 30.5 Å². The number of halogens is 2. The molecular weight excluding hydrogens is 228 g/mol. The van der Waals surface area contributed by atoms with E-state index in [2.05, 4.69) is 0 Å². The van der Waals surface area contributed by atoms with Gasteiger partial charge in [-0.25, -0.2) is 8.78 Å². The molecule has 0 bridgehead atoms. The number of rotatable bonds is 5. The zero-order chi connectivity index (χ0) is 13.1. The predicted molar refractivity (Wildman–Crippen MR) is 59.5 cm³/mol. The number of carbonyl (C=O) groups is 1. The molecule has 17 heavy (non-hydrogen) atoms. The SMILES string of the molecule is CCC(CN)(Cc1ccc(F)c(F)c1)C(=O)O. The Balaban J connectivity index is 3.01. The monoisotopic (exact) mass is 243 g/mol. The van der Waals surface area contributed by atoms with Gasteiger partial charge in [-0.15, -0.1) is 0 Å². The van der Waals surface area contributed by atoms with Crippen molar-refractivity contribution in [1.82, 2.24) is 0 Å². The summed E-state index contributed by atoms with van der Waals surface area (Å²) in [5, 5.41) is 9.16. The molecule has 3 N–H and O–H groups in total. The zero-order valence-electron chi connectivity index (χ0n) is 9.54. The highest BCUT2D eigenvalue weighted by molar-refractivity contribution is 5.75. The molecule has 0 heterocycles. The highest BCUT2D eigenvalue weighted by atomic mass is 19.2. The molecule has 0 saturated heterocycles. The first-order valence-corrected chi connectivity index (χ1v) is 5.32. The minimum atomic E-state index is -1.12. The molecule has 0 amide bonds. The molecule has 0 fully saturated rings. The number of hydrogen-bond donors (Lipinski definition) is 2. The first kappa shape index (κ1) is 13.6. The normalized spacial score (nSPS) is 14.4. The molecule has 1 aromatic carbocycles. The van der Waals surface area contributed by atoms with Crippen LogP contribution in [0.3, 0.4) is 0 Å². The number of aliphatic carboxylic acids is 1. The molecule has 0 radical (unpaired) electrons. The summed E-state index contributed by atoms with van der Waals surface area (Å²) in [6, 6.07) is 3.38. The van der Waals surface area contributed by atoms with E-state index in [0.29, 0.717) is 12.0 Å². The number of benzene rings is 1. The Morgan fingerprint density at radius 3 is 2.47 bits per heavy atom. The van der Waals surface area contributed by atoms with Gasteiger partial charge in [0.1, 0.15) is 0 Å². The maximum atomic E-state index is 13.0. The highest BCUT2D eigenvalue weighted by Crippen LogP contribution is 2.27. The Bertz CT molecular complexity index is 417. The van der Waals surface area contributed by atoms with Crippen molar-refractivity contribution in [3.8, 4) is 0 Å². The summed E-state index contributed by atoms with van der Waals surface area (Å²) >= 11 is 0. The van der Waals surface area contributed by atoms with Gasteiger partial charge in [0.05, 0.1) is 5.41 Å². The largest absolute Gasteiger partial charge is 0.481 e. The Morgan fingerprint density at radius 1 is 1.41 bits per heavy atom. The standard InChI is InChI=1S/C12H15F2NO2/c1-2-12(7-15,11(16)17)6-8-3-4-9(13)10(14)5-8/h3-5H,2,6-7,15H2,1H3,(H,16,17). The van der Waals surface area contributed by atoms with Gasteiger partial charge in [-0.1, -0.05) is 13.0 Å². The van der Waals surface area contributed by atoms with E-state index in [9.17, 15) is 13.6 Å². The van der Waals surface area contributed by atoms with Gasteiger partial charge in [-0.2, -0.15) is 0 Å². The van der Waals surface area contributed by atoms with Crippen LogP contribution < -0.4 is 5.73 Å². The number of hydrogen-bond acceptors (Lipinski definition) is 2. The van der Waals surface area contributed by atoms with Crippen molar-refractivity contribution >= 4 is 5.97 Å². The van der Waals surface area contributed by atoms with Gasteiger partial charge >= 0.3 is 5.97 Å². The summed E-state index contributed by atoms with van der Waals surface area (Å²) in [5.74, 6) is -2.94. The van der Waals surface area contributed by atoms with Crippen LogP contribution in [0.4, 0.5) is 8.78 Å². The molecule has 3 nitrogen and oxygen atoms in total. The number of carboxylic acid groups (broad SMARTS) is 1. The third-order valence-electron chi connectivity index (χ3n) is 3.05. The average molecular weight is 243 g/mol. The third kappa shape index (κ3) is 2.79. The first-order chi connectivity index (χ1) is 7.95. The smallest absolute Gasteiger partial charge is 0.311 e. The Kier molecular flexibility index (Phi) is 4.17. The molecule has 5 heteroatoms. The second-order valence-corrected chi connectivity index (χ2v) is 4.07. The van der Waals surface area contributed by atoms with Gasteiger partial charge in [0, 0.05) is 6.54 Å². The molecule has 0 saturated carbocycles. The van der Waals surface area contributed by atoms with E-state index in [1.165, 1.54) is 6.07 Å². The van der Waals surface area contributed by atoms with E-state index in [1.54, 1.807) is 6.92 Å². The van der Waals surface area contributed by atoms with Crippen LogP contribution in [0.2, 0.25) is 0 Å². The van der Waals surface area contributed by atoms with Crippen molar-refractivity contribution in [2.24, 2.45) is 11.1 Å². The summed E-state index contributed by atoms with van der Waals surface area (Å²) in [6.45, 7) is 1.67. The van der Waals surface area contributed by atoms with Crippen molar-refractivity contribution < 1.29 is 18.7 Å². The highest BCUT2D eigenvalue weighted by Gasteiger charge is 2.35. The lowest BCUT2D eigenvalue weighted by Gasteiger charge is -2.26. The van der Waals surface area contributed by atoms with E-state index in [4.69, 9.17) is 10.8 Å². The van der Waals surface area contributed by atoms with Crippen molar-refractivity contribution in [1.29, 1.82) is 0 Å². The van der Waals surface area contributed by atoms with E-state index in [-0.39, 0.29) is 13.0 Å². The lowest BCUT2D eigenvalue weighted by atomic mass is 9.79. The lowest BCUT2D eigenvalue weighted by Crippen LogP contribution is -2.40. The Morgan fingerprint density at radius 2 is 2.06 bits per heavy atom. The molecule has 1 aromatic rings. The summed E-state index contributed by atoms with van der Waals surface area (Å²) in [4.78, 5) is 11.2. The van der Waals surface area contributed by atoms with Crippen LogP contribution in [0.15, 0.2) is 18.2 Å². The van der Waals surface area contributed by atoms with Gasteiger partial charge < -0.3 is 10.8 Å². The van der Waals surface area contributed by atoms with Crippen LogP contribution >= 0.6 is 0 Å². The number of nitrogens with two attached hydrogens (primary N) is 1. The topological polar surface area (TPSA) is 63.3 Å². The third-order valence-corrected chi connectivity index (χ3v) is 3.05. The summed E-state index contributed by atoms with van der Waals surface area (Å²) in [5.41, 5.74) is 4.79. The zero-order valence-corrected chi connectivity index (χ0v) is 9.54. The second-order valence-electron chi connectivity index (χ2n) is 4.07. The van der Waals surface area contributed by atoms with E-state index in [0.717, 1.165) is 12.1 Å². The molecule has 1 unspecified atom stereocenters. The maximum absolute atomic E-state index is 13.0. The second kappa shape index (κ2) is 5.23. The van der Waals surface area contributed by atoms with Gasteiger partial charge in [0.25, 0.3) is 0 Å². The van der Waals surface area contributed by atoms with Gasteiger partial charge in [-0.3, -0.25) is 4.79 Å².